The first-order valence-corrected chi connectivity index (χ1v) is 4.62. The van der Waals surface area contributed by atoms with Gasteiger partial charge in [0, 0.05) is 18.1 Å². The number of hydrogen-bond acceptors (Lipinski definition) is 4. The molecule has 1 amide bonds. The van der Waals surface area contributed by atoms with E-state index in [2.05, 4.69) is 5.32 Å². The van der Waals surface area contributed by atoms with Gasteiger partial charge in [0.1, 0.15) is 11.5 Å². The molecule has 1 aliphatic rings. The van der Waals surface area contributed by atoms with Crippen molar-refractivity contribution in [3.05, 3.63) is 23.8 Å². The summed E-state index contributed by atoms with van der Waals surface area (Å²) in [6, 6.07) is 4.04. The Hall–Kier alpha value is -1.91. The van der Waals surface area contributed by atoms with Crippen molar-refractivity contribution in [2.45, 2.75) is 12.5 Å². The van der Waals surface area contributed by atoms with E-state index in [0.29, 0.717) is 18.6 Å². The maximum absolute atomic E-state index is 11.0. The van der Waals surface area contributed by atoms with E-state index in [1.54, 1.807) is 6.07 Å². The minimum atomic E-state index is -0.487. The number of cyclic esters (lactones) is 1. The molecule has 3 N–H and O–H groups in total. The highest BCUT2D eigenvalue weighted by Crippen LogP contribution is 2.30. The van der Waals surface area contributed by atoms with Crippen molar-refractivity contribution in [2.75, 3.05) is 6.61 Å². The molecule has 1 heterocycles. The number of phenols is 2. The zero-order chi connectivity index (χ0) is 10.8. The van der Waals surface area contributed by atoms with Crippen LogP contribution in [0.4, 0.5) is 4.79 Å². The van der Waals surface area contributed by atoms with E-state index < -0.39 is 6.09 Å². The maximum Gasteiger partial charge on any atom is 0.407 e. The Morgan fingerprint density at radius 3 is 2.87 bits per heavy atom. The molecule has 1 aliphatic heterocycles. The number of benzene rings is 1. The largest absolute Gasteiger partial charge is 0.508 e. The molecular formula is C10H11NO4. The van der Waals surface area contributed by atoms with Crippen LogP contribution in [-0.2, 0) is 4.74 Å². The number of phenolic OH excluding ortho intramolecular Hbond substituents is 2. The van der Waals surface area contributed by atoms with Gasteiger partial charge < -0.3 is 20.3 Å². The van der Waals surface area contributed by atoms with Crippen LogP contribution in [0.15, 0.2) is 18.2 Å². The lowest BCUT2D eigenvalue weighted by atomic mass is 10.0. The summed E-state index contributed by atoms with van der Waals surface area (Å²) in [6.07, 6.45) is 0.114. The zero-order valence-corrected chi connectivity index (χ0v) is 7.93. The molecule has 1 saturated heterocycles. The van der Waals surface area contributed by atoms with E-state index in [9.17, 15) is 9.90 Å². The molecule has 0 aliphatic carbocycles. The Bertz CT molecular complexity index is 391. The summed E-state index contributed by atoms with van der Waals surface area (Å²) in [6.45, 7) is 0.330. The number of hydrogen-bond donors (Lipinski definition) is 3. The normalized spacial score (nSPS) is 20.5. The van der Waals surface area contributed by atoms with Gasteiger partial charge >= 0.3 is 6.09 Å². The molecule has 1 atom stereocenters. The molecule has 15 heavy (non-hydrogen) atoms. The smallest absolute Gasteiger partial charge is 0.407 e. The van der Waals surface area contributed by atoms with Gasteiger partial charge in [-0.25, -0.2) is 4.79 Å². The lowest BCUT2D eigenvalue weighted by Gasteiger charge is -2.24. The average molecular weight is 209 g/mol. The topological polar surface area (TPSA) is 78.8 Å². The standard InChI is InChI=1S/C10H11NO4/c12-6-1-2-7(9(13)5-6)8-3-4-15-10(14)11-8/h1-2,5,8,12-13H,3-4H2,(H,11,14)/t8-/m0/s1. The summed E-state index contributed by atoms with van der Waals surface area (Å²) in [4.78, 5) is 11.0. The van der Waals surface area contributed by atoms with E-state index in [0.717, 1.165) is 0 Å². The van der Waals surface area contributed by atoms with Gasteiger partial charge in [-0.1, -0.05) is 0 Å². The number of nitrogens with one attached hydrogen (secondary N) is 1. The number of aromatic hydroxyl groups is 2. The number of carbonyl (C=O) groups is 1. The van der Waals surface area contributed by atoms with Crippen molar-refractivity contribution < 1.29 is 19.7 Å². The van der Waals surface area contributed by atoms with Crippen molar-refractivity contribution in [3.8, 4) is 11.5 Å². The Labute approximate surface area is 86.3 Å². The van der Waals surface area contributed by atoms with Crippen LogP contribution in [0, 0.1) is 0 Å². The van der Waals surface area contributed by atoms with Crippen molar-refractivity contribution in [3.63, 3.8) is 0 Å². The first-order valence-electron chi connectivity index (χ1n) is 4.62. The van der Waals surface area contributed by atoms with E-state index in [1.165, 1.54) is 12.1 Å². The van der Waals surface area contributed by atoms with Crippen molar-refractivity contribution >= 4 is 6.09 Å². The van der Waals surface area contributed by atoms with E-state index in [1.807, 2.05) is 0 Å². The number of alkyl carbamates (subject to hydrolysis) is 1. The lowest BCUT2D eigenvalue weighted by molar-refractivity contribution is 0.115. The van der Waals surface area contributed by atoms with Gasteiger partial charge in [0.2, 0.25) is 0 Å². The average Bonchev–Trinajstić information content (AvgIpc) is 2.17. The Morgan fingerprint density at radius 2 is 2.20 bits per heavy atom. The predicted octanol–water partition coefficient (Wildman–Crippen LogP) is 1.27. The van der Waals surface area contributed by atoms with Crippen LogP contribution in [0.3, 0.4) is 0 Å². The fraction of sp³-hybridized carbons (Fsp3) is 0.300. The Kier molecular flexibility index (Phi) is 2.37. The van der Waals surface area contributed by atoms with Gasteiger partial charge in [-0.05, 0) is 12.1 Å². The van der Waals surface area contributed by atoms with Gasteiger partial charge in [-0.15, -0.1) is 0 Å². The quantitative estimate of drug-likeness (QED) is 0.650. The molecule has 1 aromatic carbocycles. The van der Waals surface area contributed by atoms with Gasteiger partial charge in [-0.3, -0.25) is 0 Å². The summed E-state index contributed by atoms with van der Waals surface area (Å²) in [7, 11) is 0. The molecule has 0 spiro atoms. The van der Waals surface area contributed by atoms with Crippen LogP contribution in [0.25, 0.3) is 0 Å². The summed E-state index contributed by atoms with van der Waals surface area (Å²) in [5.41, 5.74) is 0.587. The van der Waals surface area contributed by atoms with E-state index in [4.69, 9.17) is 9.84 Å². The van der Waals surface area contributed by atoms with Crippen LogP contribution in [0.5, 0.6) is 11.5 Å². The van der Waals surface area contributed by atoms with E-state index in [-0.39, 0.29) is 17.5 Å². The third-order valence-electron chi connectivity index (χ3n) is 2.32. The van der Waals surface area contributed by atoms with Crippen LogP contribution in [0.2, 0.25) is 0 Å². The molecule has 0 bridgehead atoms. The Balaban J connectivity index is 2.24. The van der Waals surface area contributed by atoms with Crippen LogP contribution in [-0.4, -0.2) is 22.9 Å². The van der Waals surface area contributed by atoms with Crippen molar-refractivity contribution in [2.24, 2.45) is 0 Å². The third-order valence-corrected chi connectivity index (χ3v) is 2.32. The number of rotatable bonds is 1. The second-order valence-corrected chi connectivity index (χ2v) is 3.36. The van der Waals surface area contributed by atoms with Gasteiger partial charge in [0.15, 0.2) is 0 Å². The highest BCUT2D eigenvalue weighted by atomic mass is 16.5. The van der Waals surface area contributed by atoms with Crippen LogP contribution >= 0.6 is 0 Å². The monoisotopic (exact) mass is 209 g/mol. The second kappa shape index (κ2) is 3.68. The summed E-state index contributed by atoms with van der Waals surface area (Å²) >= 11 is 0. The molecule has 1 fully saturated rings. The van der Waals surface area contributed by atoms with Crippen LogP contribution < -0.4 is 5.32 Å². The lowest BCUT2D eigenvalue weighted by Crippen LogP contribution is -2.35. The van der Waals surface area contributed by atoms with Gasteiger partial charge in [0.05, 0.1) is 12.6 Å². The molecule has 0 saturated carbocycles. The van der Waals surface area contributed by atoms with Crippen molar-refractivity contribution in [1.82, 2.24) is 5.32 Å². The highest BCUT2D eigenvalue weighted by Gasteiger charge is 2.23. The summed E-state index contributed by atoms with van der Waals surface area (Å²) in [5.74, 6) is -0.0307. The van der Waals surface area contributed by atoms with Crippen LogP contribution in [0.1, 0.15) is 18.0 Å². The molecule has 1 aromatic rings. The highest BCUT2D eigenvalue weighted by molar-refractivity contribution is 5.69. The van der Waals surface area contributed by atoms with Gasteiger partial charge in [-0.2, -0.15) is 0 Å². The molecule has 0 unspecified atom stereocenters. The Morgan fingerprint density at radius 1 is 1.40 bits per heavy atom. The van der Waals surface area contributed by atoms with Gasteiger partial charge in [0.25, 0.3) is 0 Å². The molecule has 0 radical (unpaired) electrons. The maximum atomic E-state index is 11.0. The molecule has 80 valence electrons. The molecular weight excluding hydrogens is 198 g/mol. The number of amides is 1. The first kappa shape index (κ1) is 9.64. The summed E-state index contributed by atoms with van der Waals surface area (Å²) < 4.78 is 4.71. The number of ether oxygens (including phenoxy) is 1. The number of carbonyl (C=O) groups excluding carboxylic acids is 1. The second-order valence-electron chi connectivity index (χ2n) is 3.36. The SMILES string of the molecule is O=C1N[C@H](c2ccc(O)cc2O)CCO1. The molecule has 0 aromatic heterocycles. The molecule has 5 heteroatoms. The first-order chi connectivity index (χ1) is 7.16. The fourth-order valence-electron chi connectivity index (χ4n) is 1.59. The predicted molar refractivity (Wildman–Crippen MR) is 51.6 cm³/mol. The third kappa shape index (κ3) is 1.96. The minimum Gasteiger partial charge on any atom is -0.508 e. The summed E-state index contributed by atoms with van der Waals surface area (Å²) in [5, 5.41) is 21.3. The molecule has 2 rings (SSSR count). The minimum absolute atomic E-state index is 0.00497. The zero-order valence-electron chi connectivity index (χ0n) is 7.93. The fourth-order valence-corrected chi connectivity index (χ4v) is 1.59. The van der Waals surface area contributed by atoms with Crippen molar-refractivity contribution in [1.29, 1.82) is 0 Å². The van der Waals surface area contributed by atoms with E-state index >= 15 is 0 Å². The molecule has 5 nitrogen and oxygen atoms in total.